The molecule has 8 nitrogen and oxygen atoms in total. The number of hydrogen-bond donors (Lipinski definition) is 0. The molecule has 2 bridgehead atoms. The fourth-order valence-electron chi connectivity index (χ4n) is 4.91. The van der Waals surface area contributed by atoms with Gasteiger partial charge in [-0.1, -0.05) is 0 Å². The number of esters is 1. The number of ether oxygens (including phenoxy) is 1. The van der Waals surface area contributed by atoms with E-state index in [-0.39, 0.29) is 24.0 Å². The number of pyridine rings is 1. The molecule has 0 radical (unpaired) electrons. The summed E-state index contributed by atoms with van der Waals surface area (Å²) < 4.78 is 6.79. The summed E-state index contributed by atoms with van der Waals surface area (Å²) in [6.45, 7) is 0. The number of fused-ring (bicyclic) bond motifs is 3. The number of methoxy groups -OCH3 is 1. The van der Waals surface area contributed by atoms with Crippen LogP contribution in [0.25, 0.3) is 5.65 Å². The van der Waals surface area contributed by atoms with Crippen molar-refractivity contribution in [3.63, 3.8) is 0 Å². The lowest BCUT2D eigenvalue weighted by Crippen LogP contribution is -2.47. The van der Waals surface area contributed by atoms with Gasteiger partial charge in [-0.15, -0.1) is 11.3 Å². The van der Waals surface area contributed by atoms with Crippen molar-refractivity contribution in [2.75, 3.05) is 7.11 Å². The lowest BCUT2D eigenvalue weighted by molar-refractivity contribution is -0.154. The van der Waals surface area contributed by atoms with E-state index in [9.17, 15) is 9.59 Å². The molecule has 9 heteroatoms. The van der Waals surface area contributed by atoms with Crippen LogP contribution in [-0.2, 0) is 16.0 Å². The smallest absolute Gasteiger partial charge is 0.314 e. The fourth-order valence-corrected chi connectivity index (χ4v) is 5.47. The summed E-state index contributed by atoms with van der Waals surface area (Å²) in [4.78, 5) is 36.6. The van der Waals surface area contributed by atoms with Gasteiger partial charge in [-0.25, -0.2) is 14.5 Å². The van der Waals surface area contributed by atoms with Crippen molar-refractivity contribution in [2.45, 2.75) is 37.8 Å². The number of nitrogens with zero attached hydrogens (tertiary/aromatic N) is 5. The first-order chi connectivity index (χ1) is 13.6. The largest absolute Gasteiger partial charge is 0.469 e. The molecule has 0 spiro atoms. The molecule has 2 aliphatic rings. The number of carbonyl (C=O) groups is 2. The first-order valence-corrected chi connectivity index (χ1v) is 10.1. The molecule has 0 unspecified atom stereocenters. The molecule has 2 aliphatic heterocycles. The van der Waals surface area contributed by atoms with Crippen LogP contribution in [0.1, 0.15) is 35.3 Å². The maximum Gasteiger partial charge on any atom is 0.314 e. The van der Waals surface area contributed by atoms with Gasteiger partial charge in [0.1, 0.15) is 6.33 Å². The molecule has 3 atom stereocenters. The van der Waals surface area contributed by atoms with Gasteiger partial charge in [0.15, 0.2) is 5.65 Å². The second-order valence-corrected chi connectivity index (χ2v) is 8.17. The summed E-state index contributed by atoms with van der Waals surface area (Å²) in [6.07, 6.45) is 5.95. The number of aromatic nitrogens is 4. The number of amides is 1. The Morgan fingerprint density at radius 3 is 3.00 bits per heavy atom. The van der Waals surface area contributed by atoms with Crippen molar-refractivity contribution in [1.29, 1.82) is 0 Å². The van der Waals surface area contributed by atoms with Crippen LogP contribution < -0.4 is 0 Å². The Kier molecular flexibility index (Phi) is 3.94. The molecule has 3 aromatic rings. The fraction of sp³-hybridized carbons (Fsp3) is 0.421. The van der Waals surface area contributed by atoms with Gasteiger partial charge in [0.05, 0.1) is 29.3 Å². The molecule has 0 aromatic carbocycles. The van der Waals surface area contributed by atoms with Crippen molar-refractivity contribution in [2.24, 2.45) is 5.41 Å². The molecular weight excluding hydrogens is 378 g/mol. The Balaban J connectivity index is 1.50. The topological polar surface area (TPSA) is 89.7 Å². The first kappa shape index (κ1) is 17.3. The average molecular weight is 397 g/mol. The zero-order valence-corrected chi connectivity index (χ0v) is 16.1. The van der Waals surface area contributed by atoms with Crippen LogP contribution >= 0.6 is 11.3 Å². The number of hydrogen-bond acceptors (Lipinski definition) is 7. The third-order valence-electron chi connectivity index (χ3n) is 6.07. The molecule has 0 aliphatic carbocycles. The van der Waals surface area contributed by atoms with Crippen LogP contribution in [0, 0.1) is 5.41 Å². The minimum Gasteiger partial charge on any atom is -0.469 e. The first-order valence-electron chi connectivity index (χ1n) is 9.20. The Hall–Kier alpha value is -2.81. The van der Waals surface area contributed by atoms with E-state index >= 15 is 0 Å². The molecule has 144 valence electrons. The standard InChI is InChI=1S/C19H19N5O3S/c1-27-18(26)19(6-13-9-28-11-21-13)7-14-3-4-15(19)24(14)17(25)12-2-5-16-20-10-22-23(16)8-12/h2,5,8-11,14-15H,3-4,6-7H2,1H3/t14-,15+,19+/m1/s1. The third kappa shape index (κ3) is 2.46. The quantitative estimate of drug-likeness (QED) is 0.625. The molecule has 2 saturated heterocycles. The van der Waals surface area contributed by atoms with E-state index in [4.69, 9.17) is 4.74 Å². The van der Waals surface area contributed by atoms with Gasteiger partial charge in [-0.3, -0.25) is 9.59 Å². The summed E-state index contributed by atoms with van der Waals surface area (Å²) >= 11 is 1.51. The summed E-state index contributed by atoms with van der Waals surface area (Å²) in [5, 5.41) is 6.08. The molecule has 1 amide bonds. The number of carbonyl (C=O) groups excluding carboxylic acids is 2. The molecular formula is C19H19N5O3S. The number of thiazole rings is 1. The highest BCUT2D eigenvalue weighted by Crippen LogP contribution is 2.52. The average Bonchev–Trinajstić information content (AvgIpc) is 3.49. The van der Waals surface area contributed by atoms with Crippen molar-refractivity contribution < 1.29 is 14.3 Å². The van der Waals surface area contributed by atoms with Crippen LogP contribution in [0.4, 0.5) is 0 Å². The molecule has 0 N–H and O–H groups in total. The lowest BCUT2D eigenvalue weighted by atomic mass is 9.71. The second kappa shape index (κ2) is 6.37. The highest BCUT2D eigenvalue weighted by atomic mass is 32.1. The Bertz CT molecular complexity index is 1050. The predicted molar refractivity (Wildman–Crippen MR) is 101 cm³/mol. The van der Waals surface area contributed by atoms with Crippen molar-refractivity contribution in [3.05, 3.63) is 46.8 Å². The van der Waals surface area contributed by atoms with Crippen LogP contribution in [0.15, 0.2) is 35.5 Å². The molecule has 2 fully saturated rings. The summed E-state index contributed by atoms with van der Waals surface area (Å²) in [7, 11) is 1.42. The van der Waals surface area contributed by atoms with Gasteiger partial charge in [0.25, 0.3) is 5.91 Å². The van der Waals surface area contributed by atoms with E-state index in [1.807, 2.05) is 10.3 Å². The summed E-state index contributed by atoms with van der Waals surface area (Å²) in [6, 6.07) is 3.39. The monoisotopic (exact) mass is 397 g/mol. The van der Waals surface area contributed by atoms with Gasteiger partial charge in [0.2, 0.25) is 0 Å². The number of rotatable bonds is 4. The van der Waals surface area contributed by atoms with Crippen LogP contribution in [-0.4, -0.2) is 55.6 Å². The van der Waals surface area contributed by atoms with Gasteiger partial charge in [-0.2, -0.15) is 5.10 Å². The molecule has 28 heavy (non-hydrogen) atoms. The van der Waals surface area contributed by atoms with E-state index < -0.39 is 5.41 Å². The van der Waals surface area contributed by atoms with E-state index in [1.54, 1.807) is 28.4 Å². The van der Waals surface area contributed by atoms with Crippen LogP contribution in [0.2, 0.25) is 0 Å². The summed E-state index contributed by atoms with van der Waals surface area (Å²) in [5.74, 6) is -0.328. The minimum absolute atomic E-state index is 0.0293. The maximum atomic E-state index is 13.4. The summed E-state index contributed by atoms with van der Waals surface area (Å²) in [5.41, 5.74) is 3.14. The van der Waals surface area contributed by atoms with Crippen molar-refractivity contribution in [3.8, 4) is 0 Å². The van der Waals surface area contributed by atoms with Crippen LogP contribution in [0.5, 0.6) is 0 Å². The lowest BCUT2D eigenvalue weighted by Gasteiger charge is -2.34. The minimum atomic E-state index is -0.737. The van der Waals surface area contributed by atoms with E-state index in [0.29, 0.717) is 24.1 Å². The Labute approximate surface area is 165 Å². The van der Waals surface area contributed by atoms with E-state index in [1.165, 1.54) is 24.8 Å². The van der Waals surface area contributed by atoms with Crippen molar-refractivity contribution in [1.82, 2.24) is 24.5 Å². The Morgan fingerprint density at radius 2 is 2.21 bits per heavy atom. The normalized spacial score (nSPS) is 26.1. The zero-order chi connectivity index (χ0) is 19.3. The Morgan fingerprint density at radius 1 is 1.32 bits per heavy atom. The van der Waals surface area contributed by atoms with E-state index in [0.717, 1.165) is 18.5 Å². The molecule has 3 aromatic heterocycles. The molecule has 0 saturated carbocycles. The SMILES string of the molecule is COC(=O)[C@@]1(Cc2cscn2)C[C@H]2CC[C@@H]1N2C(=O)c1ccc2ncnn2c1. The van der Waals surface area contributed by atoms with Gasteiger partial charge in [-0.05, 0) is 31.4 Å². The van der Waals surface area contributed by atoms with Gasteiger partial charge < -0.3 is 9.64 Å². The molecule has 5 rings (SSSR count). The zero-order valence-electron chi connectivity index (χ0n) is 15.3. The van der Waals surface area contributed by atoms with Crippen LogP contribution in [0.3, 0.4) is 0 Å². The maximum absolute atomic E-state index is 13.4. The van der Waals surface area contributed by atoms with E-state index in [2.05, 4.69) is 15.1 Å². The van der Waals surface area contributed by atoms with Gasteiger partial charge in [0, 0.05) is 30.1 Å². The highest BCUT2D eigenvalue weighted by molar-refractivity contribution is 7.07. The second-order valence-electron chi connectivity index (χ2n) is 7.45. The van der Waals surface area contributed by atoms with Gasteiger partial charge >= 0.3 is 5.97 Å². The highest BCUT2D eigenvalue weighted by Gasteiger charge is 2.62. The predicted octanol–water partition coefficient (Wildman–Crippen LogP) is 1.96. The van der Waals surface area contributed by atoms with Crippen molar-refractivity contribution >= 4 is 28.9 Å². The third-order valence-corrected chi connectivity index (χ3v) is 6.70. The molecule has 5 heterocycles.